The van der Waals surface area contributed by atoms with Gasteiger partial charge in [0.2, 0.25) is 0 Å². The second kappa shape index (κ2) is 8.17. The maximum atomic E-state index is 12.8. The lowest BCUT2D eigenvalue weighted by Crippen LogP contribution is -2.43. The van der Waals surface area contributed by atoms with E-state index in [1.54, 1.807) is 23.3 Å². The molecule has 1 aromatic carbocycles. The van der Waals surface area contributed by atoms with Gasteiger partial charge in [-0.2, -0.15) is 0 Å². The molecule has 24 heavy (non-hydrogen) atoms. The molecule has 0 saturated heterocycles. The highest BCUT2D eigenvalue weighted by Crippen LogP contribution is 2.31. The van der Waals surface area contributed by atoms with Crippen LogP contribution >= 0.6 is 11.3 Å². The molecule has 1 aromatic heterocycles. The maximum Gasteiger partial charge on any atom is 0.318 e. The standard InChI is InChI=1S/C18H22N2O3S/c1-22-11-9-20(13-14-5-4-12-24-14)18(21)19-16-8-10-23-17-7-3-2-6-15(16)17/h2-7,12,16H,8-11,13H2,1H3,(H,19,21). The van der Waals surface area contributed by atoms with Crippen molar-refractivity contribution >= 4 is 17.4 Å². The SMILES string of the molecule is COCCN(Cc1cccs1)C(=O)NC1CCOc2ccccc21. The lowest BCUT2D eigenvalue weighted by molar-refractivity contribution is 0.143. The minimum atomic E-state index is -0.0675. The summed E-state index contributed by atoms with van der Waals surface area (Å²) in [5.74, 6) is 0.857. The lowest BCUT2D eigenvalue weighted by atomic mass is 10.0. The smallest absolute Gasteiger partial charge is 0.318 e. The third kappa shape index (κ3) is 4.07. The van der Waals surface area contributed by atoms with Gasteiger partial charge < -0.3 is 19.7 Å². The summed E-state index contributed by atoms with van der Waals surface area (Å²) < 4.78 is 10.8. The number of rotatable bonds is 6. The molecule has 1 aliphatic heterocycles. The zero-order valence-corrected chi connectivity index (χ0v) is 14.6. The van der Waals surface area contributed by atoms with Gasteiger partial charge in [-0.15, -0.1) is 11.3 Å². The number of benzene rings is 1. The summed E-state index contributed by atoms with van der Waals surface area (Å²) >= 11 is 1.65. The first-order chi connectivity index (χ1) is 11.8. The van der Waals surface area contributed by atoms with Crippen molar-refractivity contribution in [3.8, 4) is 5.75 Å². The van der Waals surface area contributed by atoms with Crippen molar-refractivity contribution in [2.75, 3.05) is 26.9 Å². The number of methoxy groups -OCH3 is 1. The number of nitrogens with zero attached hydrogens (tertiary/aromatic N) is 1. The zero-order chi connectivity index (χ0) is 16.8. The van der Waals surface area contributed by atoms with Gasteiger partial charge in [0.1, 0.15) is 5.75 Å². The number of hydrogen-bond acceptors (Lipinski definition) is 4. The molecule has 2 amide bonds. The highest BCUT2D eigenvalue weighted by molar-refractivity contribution is 7.09. The van der Waals surface area contributed by atoms with E-state index in [9.17, 15) is 4.79 Å². The van der Waals surface area contributed by atoms with E-state index in [2.05, 4.69) is 5.32 Å². The van der Waals surface area contributed by atoms with Crippen LogP contribution in [0.2, 0.25) is 0 Å². The van der Waals surface area contributed by atoms with Gasteiger partial charge in [-0.1, -0.05) is 24.3 Å². The van der Waals surface area contributed by atoms with Gasteiger partial charge >= 0.3 is 6.03 Å². The minimum Gasteiger partial charge on any atom is -0.493 e. The van der Waals surface area contributed by atoms with Crippen LogP contribution in [0.1, 0.15) is 22.9 Å². The van der Waals surface area contributed by atoms with Crippen molar-refractivity contribution in [1.29, 1.82) is 0 Å². The van der Waals surface area contributed by atoms with Gasteiger partial charge in [0.15, 0.2) is 0 Å². The van der Waals surface area contributed by atoms with Gasteiger partial charge in [0, 0.05) is 30.5 Å². The number of para-hydroxylation sites is 1. The molecule has 0 bridgehead atoms. The predicted octanol–water partition coefficient (Wildman–Crippen LogP) is 3.43. The quantitative estimate of drug-likeness (QED) is 0.872. The molecule has 0 saturated carbocycles. The monoisotopic (exact) mass is 346 g/mol. The van der Waals surface area contributed by atoms with Gasteiger partial charge in [-0.25, -0.2) is 4.79 Å². The summed E-state index contributed by atoms with van der Waals surface area (Å²) in [6.45, 7) is 2.29. The van der Waals surface area contributed by atoms with Crippen molar-refractivity contribution < 1.29 is 14.3 Å². The number of nitrogens with one attached hydrogen (secondary N) is 1. The number of ether oxygens (including phenoxy) is 2. The third-order valence-electron chi connectivity index (χ3n) is 4.04. The lowest BCUT2D eigenvalue weighted by Gasteiger charge is -2.30. The highest BCUT2D eigenvalue weighted by atomic mass is 32.1. The highest BCUT2D eigenvalue weighted by Gasteiger charge is 2.25. The topological polar surface area (TPSA) is 50.8 Å². The minimum absolute atomic E-state index is 0.0177. The molecule has 128 valence electrons. The molecule has 2 heterocycles. The van der Waals surface area contributed by atoms with E-state index in [1.807, 2.05) is 41.8 Å². The van der Waals surface area contributed by atoms with Crippen molar-refractivity contribution in [3.63, 3.8) is 0 Å². The number of carbonyl (C=O) groups is 1. The first-order valence-electron chi connectivity index (χ1n) is 8.06. The number of amides is 2. The average molecular weight is 346 g/mol. The number of urea groups is 1. The van der Waals surface area contributed by atoms with Crippen LogP contribution in [-0.2, 0) is 11.3 Å². The number of thiophene rings is 1. The second-order valence-electron chi connectivity index (χ2n) is 5.67. The molecule has 3 rings (SSSR count). The Morgan fingerprint density at radius 3 is 3.04 bits per heavy atom. The van der Waals surface area contributed by atoms with E-state index in [0.29, 0.717) is 26.3 Å². The van der Waals surface area contributed by atoms with Crippen LogP contribution in [0, 0.1) is 0 Å². The second-order valence-corrected chi connectivity index (χ2v) is 6.70. The Morgan fingerprint density at radius 2 is 2.25 bits per heavy atom. The van der Waals surface area contributed by atoms with Crippen LogP contribution in [0.25, 0.3) is 0 Å². The Hall–Kier alpha value is -2.05. The van der Waals surface area contributed by atoms with Crippen LogP contribution in [0.3, 0.4) is 0 Å². The largest absolute Gasteiger partial charge is 0.493 e. The zero-order valence-electron chi connectivity index (χ0n) is 13.7. The summed E-state index contributed by atoms with van der Waals surface area (Å²) in [6.07, 6.45) is 0.778. The van der Waals surface area contributed by atoms with Crippen molar-refractivity contribution in [3.05, 3.63) is 52.2 Å². The summed E-state index contributed by atoms with van der Waals surface area (Å²) in [6, 6.07) is 11.8. The van der Waals surface area contributed by atoms with E-state index < -0.39 is 0 Å². The van der Waals surface area contributed by atoms with Crippen molar-refractivity contribution in [2.24, 2.45) is 0 Å². The summed E-state index contributed by atoms with van der Waals surface area (Å²) in [7, 11) is 1.65. The molecule has 0 aliphatic carbocycles. The molecule has 5 nitrogen and oxygen atoms in total. The Balaban J connectivity index is 1.69. The van der Waals surface area contributed by atoms with E-state index in [-0.39, 0.29) is 12.1 Å². The fourth-order valence-corrected chi connectivity index (χ4v) is 3.50. The normalized spacial score (nSPS) is 16.1. The Morgan fingerprint density at radius 1 is 1.38 bits per heavy atom. The van der Waals surface area contributed by atoms with Crippen LogP contribution in [0.4, 0.5) is 4.79 Å². The molecule has 2 aromatic rings. The van der Waals surface area contributed by atoms with Gasteiger partial charge in [-0.3, -0.25) is 0 Å². The molecule has 0 spiro atoms. The maximum absolute atomic E-state index is 12.8. The van der Waals surface area contributed by atoms with Gasteiger partial charge in [0.05, 0.1) is 25.8 Å². The molecule has 1 atom stereocenters. The Bertz CT molecular complexity index is 660. The average Bonchev–Trinajstić information content (AvgIpc) is 3.12. The fraction of sp³-hybridized carbons (Fsp3) is 0.389. The molecule has 1 unspecified atom stereocenters. The Labute approximate surface area is 146 Å². The van der Waals surface area contributed by atoms with Crippen molar-refractivity contribution in [2.45, 2.75) is 19.0 Å². The van der Waals surface area contributed by atoms with Crippen LogP contribution < -0.4 is 10.1 Å². The summed E-state index contributed by atoms with van der Waals surface area (Å²) in [5, 5.41) is 5.18. The van der Waals surface area contributed by atoms with Crippen LogP contribution in [0.5, 0.6) is 5.75 Å². The van der Waals surface area contributed by atoms with Crippen LogP contribution in [0.15, 0.2) is 41.8 Å². The first kappa shape index (κ1) is 16.8. The number of hydrogen-bond donors (Lipinski definition) is 1. The molecule has 6 heteroatoms. The van der Waals surface area contributed by atoms with E-state index in [4.69, 9.17) is 9.47 Å². The molecule has 0 fully saturated rings. The van der Waals surface area contributed by atoms with Gasteiger partial charge in [0.25, 0.3) is 0 Å². The molecular weight excluding hydrogens is 324 g/mol. The third-order valence-corrected chi connectivity index (χ3v) is 4.90. The van der Waals surface area contributed by atoms with E-state index in [1.165, 1.54) is 0 Å². The predicted molar refractivity (Wildman–Crippen MR) is 94.4 cm³/mol. The van der Waals surface area contributed by atoms with Crippen LogP contribution in [-0.4, -0.2) is 37.8 Å². The summed E-state index contributed by atoms with van der Waals surface area (Å²) in [5.41, 5.74) is 1.04. The number of carbonyl (C=O) groups excluding carboxylic acids is 1. The molecular formula is C18H22N2O3S. The Kier molecular flexibility index (Phi) is 5.72. The van der Waals surface area contributed by atoms with E-state index >= 15 is 0 Å². The fourth-order valence-electron chi connectivity index (χ4n) is 2.78. The van der Waals surface area contributed by atoms with Crippen molar-refractivity contribution in [1.82, 2.24) is 10.2 Å². The van der Waals surface area contributed by atoms with Gasteiger partial charge in [-0.05, 0) is 17.5 Å². The molecule has 1 aliphatic rings. The number of fused-ring (bicyclic) bond motifs is 1. The molecule has 1 N–H and O–H groups in total. The molecule has 0 radical (unpaired) electrons. The summed E-state index contributed by atoms with van der Waals surface area (Å²) in [4.78, 5) is 15.7. The van der Waals surface area contributed by atoms with E-state index in [0.717, 1.165) is 22.6 Å². The first-order valence-corrected chi connectivity index (χ1v) is 8.94.